The van der Waals surface area contributed by atoms with E-state index in [0.29, 0.717) is 11.5 Å². The van der Waals surface area contributed by atoms with Crippen molar-refractivity contribution in [2.75, 3.05) is 0 Å². The van der Waals surface area contributed by atoms with Crippen LogP contribution >= 0.6 is 0 Å². The number of aromatic nitrogens is 6. The highest BCUT2D eigenvalue weighted by molar-refractivity contribution is 5.95. The number of fused-ring (bicyclic) bond motifs is 1. The Hall–Kier alpha value is -2.77. The SMILES string of the molecule is Cc1c(C(=O)N[C@@H](CC(C)C)c2ncnn2C)cnc2ccnn12. The number of nitrogens with one attached hydrogen (secondary N) is 1. The smallest absolute Gasteiger partial charge is 0.255 e. The molecule has 0 aromatic carbocycles. The van der Waals surface area contributed by atoms with Crippen molar-refractivity contribution in [3.05, 3.63) is 41.9 Å². The van der Waals surface area contributed by atoms with Crippen LogP contribution in [0.2, 0.25) is 0 Å². The highest BCUT2D eigenvalue weighted by atomic mass is 16.1. The first kappa shape index (κ1) is 16.1. The Morgan fingerprint density at radius 2 is 2.08 bits per heavy atom. The molecule has 0 bridgehead atoms. The minimum Gasteiger partial charge on any atom is -0.342 e. The maximum absolute atomic E-state index is 12.8. The second-order valence-corrected chi connectivity index (χ2v) is 6.26. The van der Waals surface area contributed by atoms with E-state index in [2.05, 4.69) is 39.3 Å². The summed E-state index contributed by atoms with van der Waals surface area (Å²) < 4.78 is 3.35. The Balaban J connectivity index is 1.89. The molecule has 0 aliphatic heterocycles. The molecule has 0 fully saturated rings. The maximum atomic E-state index is 12.8. The summed E-state index contributed by atoms with van der Waals surface area (Å²) in [5.74, 6) is 0.952. The van der Waals surface area contributed by atoms with Gasteiger partial charge in [-0.15, -0.1) is 0 Å². The fourth-order valence-electron chi connectivity index (χ4n) is 2.77. The Labute approximate surface area is 139 Å². The second-order valence-electron chi connectivity index (χ2n) is 6.26. The van der Waals surface area contributed by atoms with Crippen LogP contribution in [0.5, 0.6) is 0 Å². The average Bonchev–Trinajstić information content (AvgIpc) is 3.15. The van der Waals surface area contributed by atoms with E-state index in [1.165, 1.54) is 6.33 Å². The molecule has 1 atom stereocenters. The number of hydrogen-bond acceptors (Lipinski definition) is 5. The quantitative estimate of drug-likeness (QED) is 0.770. The molecule has 0 aliphatic rings. The lowest BCUT2D eigenvalue weighted by Gasteiger charge is -2.20. The highest BCUT2D eigenvalue weighted by Crippen LogP contribution is 2.20. The predicted molar refractivity (Wildman–Crippen MR) is 88.4 cm³/mol. The number of rotatable bonds is 5. The molecule has 3 aromatic heterocycles. The fraction of sp³-hybridized carbons (Fsp3) is 0.438. The summed E-state index contributed by atoms with van der Waals surface area (Å²) in [6.45, 7) is 6.08. The summed E-state index contributed by atoms with van der Waals surface area (Å²) in [5, 5.41) is 11.4. The van der Waals surface area contributed by atoms with E-state index in [4.69, 9.17) is 0 Å². The van der Waals surface area contributed by atoms with Crippen LogP contribution in [-0.2, 0) is 7.05 Å². The van der Waals surface area contributed by atoms with Crippen LogP contribution in [-0.4, -0.2) is 35.3 Å². The molecule has 8 heteroatoms. The molecule has 126 valence electrons. The van der Waals surface area contributed by atoms with E-state index in [-0.39, 0.29) is 11.9 Å². The van der Waals surface area contributed by atoms with Gasteiger partial charge in [-0.25, -0.2) is 14.5 Å². The van der Waals surface area contributed by atoms with Gasteiger partial charge in [-0.05, 0) is 19.3 Å². The van der Waals surface area contributed by atoms with Crippen LogP contribution in [0, 0.1) is 12.8 Å². The van der Waals surface area contributed by atoms with Gasteiger partial charge in [0.2, 0.25) is 0 Å². The number of nitrogens with zero attached hydrogens (tertiary/aromatic N) is 6. The molecular formula is C16H21N7O. The molecule has 1 N–H and O–H groups in total. The molecule has 0 saturated carbocycles. The molecule has 1 amide bonds. The molecule has 3 aromatic rings. The topological polar surface area (TPSA) is 90.0 Å². The number of hydrogen-bond donors (Lipinski definition) is 1. The van der Waals surface area contributed by atoms with Gasteiger partial charge in [0, 0.05) is 19.3 Å². The molecule has 0 spiro atoms. The Morgan fingerprint density at radius 3 is 2.75 bits per heavy atom. The third-order valence-electron chi connectivity index (χ3n) is 3.97. The Bertz CT molecular complexity index is 864. The summed E-state index contributed by atoms with van der Waals surface area (Å²) in [5.41, 5.74) is 1.97. The van der Waals surface area contributed by atoms with Gasteiger partial charge in [-0.2, -0.15) is 10.2 Å². The molecule has 0 unspecified atom stereocenters. The first-order valence-corrected chi connectivity index (χ1v) is 7.91. The van der Waals surface area contributed by atoms with Gasteiger partial charge in [0.25, 0.3) is 5.91 Å². The average molecular weight is 327 g/mol. The number of carbonyl (C=O) groups is 1. The maximum Gasteiger partial charge on any atom is 0.255 e. The lowest BCUT2D eigenvalue weighted by Crippen LogP contribution is -2.32. The molecule has 8 nitrogen and oxygen atoms in total. The monoisotopic (exact) mass is 327 g/mol. The van der Waals surface area contributed by atoms with Gasteiger partial charge >= 0.3 is 0 Å². The van der Waals surface area contributed by atoms with E-state index in [0.717, 1.165) is 23.6 Å². The number of carbonyl (C=O) groups excluding carboxylic acids is 1. The van der Waals surface area contributed by atoms with Gasteiger partial charge in [0.1, 0.15) is 12.2 Å². The molecule has 0 radical (unpaired) electrons. The minimum absolute atomic E-state index is 0.189. The molecule has 0 saturated heterocycles. The zero-order valence-corrected chi connectivity index (χ0v) is 14.3. The van der Waals surface area contributed by atoms with E-state index < -0.39 is 0 Å². The largest absolute Gasteiger partial charge is 0.342 e. The molecule has 3 heterocycles. The third-order valence-corrected chi connectivity index (χ3v) is 3.97. The zero-order valence-electron chi connectivity index (χ0n) is 14.3. The predicted octanol–water partition coefficient (Wildman–Crippen LogP) is 1.68. The molecule has 3 rings (SSSR count). The van der Waals surface area contributed by atoms with Crippen molar-refractivity contribution in [3.63, 3.8) is 0 Å². The minimum atomic E-state index is -0.210. The van der Waals surface area contributed by atoms with Crippen molar-refractivity contribution in [1.82, 2.24) is 34.7 Å². The fourth-order valence-corrected chi connectivity index (χ4v) is 2.77. The molecule has 24 heavy (non-hydrogen) atoms. The van der Waals surface area contributed by atoms with Gasteiger partial charge in [0.15, 0.2) is 5.65 Å². The van der Waals surface area contributed by atoms with E-state index in [9.17, 15) is 4.79 Å². The lowest BCUT2D eigenvalue weighted by atomic mass is 10.0. The summed E-state index contributed by atoms with van der Waals surface area (Å²) in [4.78, 5) is 21.3. The van der Waals surface area contributed by atoms with E-state index in [1.807, 2.05) is 14.0 Å². The first-order valence-electron chi connectivity index (χ1n) is 7.91. The van der Waals surface area contributed by atoms with Crippen LogP contribution in [0.25, 0.3) is 5.65 Å². The third kappa shape index (κ3) is 2.99. The number of amides is 1. The second kappa shape index (κ2) is 6.38. The van der Waals surface area contributed by atoms with Crippen LogP contribution in [0.4, 0.5) is 0 Å². The summed E-state index contributed by atoms with van der Waals surface area (Å²) in [6.07, 6.45) is 5.52. The van der Waals surface area contributed by atoms with Crippen molar-refractivity contribution in [3.8, 4) is 0 Å². The molecular weight excluding hydrogens is 306 g/mol. The zero-order chi connectivity index (χ0) is 17.3. The lowest BCUT2D eigenvalue weighted by molar-refractivity contribution is 0.0927. The summed E-state index contributed by atoms with van der Waals surface area (Å²) in [6, 6.07) is 1.59. The standard InChI is InChI=1S/C16H21N7O/c1-10(2)7-13(15-18-9-20-22(15)4)21-16(24)12-8-17-14-5-6-19-23(14)11(12)3/h5-6,8-10,13H,7H2,1-4H3,(H,21,24)/t13-/m0/s1. The Morgan fingerprint density at radius 1 is 1.29 bits per heavy atom. The molecule has 0 aliphatic carbocycles. The van der Waals surface area contributed by atoms with Gasteiger partial charge in [-0.3, -0.25) is 9.48 Å². The van der Waals surface area contributed by atoms with E-state index in [1.54, 1.807) is 27.7 Å². The van der Waals surface area contributed by atoms with Crippen molar-refractivity contribution in [2.24, 2.45) is 13.0 Å². The summed E-state index contributed by atoms with van der Waals surface area (Å²) in [7, 11) is 1.82. The van der Waals surface area contributed by atoms with Crippen LogP contribution in [0.15, 0.2) is 24.8 Å². The van der Waals surface area contributed by atoms with Crippen LogP contribution in [0.3, 0.4) is 0 Å². The highest BCUT2D eigenvalue weighted by Gasteiger charge is 2.22. The van der Waals surface area contributed by atoms with Crippen molar-refractivity contribution < 1.29 is 4.79 Å². The van der Waals surface area contributed by atoms with Crippen LogP contribution < -0.4 is 5.32 Å². The van der Waals surface area contributed by atoms with Gasteiger partial charge < -0.3 is 5.32 Å². The van der Waals surface area contributed by atoms with E-state index >= 15 is 0 Å². The van der Waals surface area contributed by atoms with Crippen LogP contribution in [0.1, 0.15) is 48.2 Å². The van der Waals surface area contributed by atoms with Gasteiger partial charge in [0.05, 0.1) is 23.5 Å². The van der Waals surface area contributed by atoms with Crippen molar-refractivity contribution in [2.45, 2.75) is 33.2 Å². The van der Waals surface area contributed by atoms with Crippen molar-refractivity contribution in [1.29, 1.82) is 0 Å². The Kier molecular flexibility index (Phi) is 4.28. The first-order chi connectivity index (χ1) is 11.5. The summed E-state index contributed by atoms with van der Waals surface area (Å²) >= 11 is 0. The van der Waals surface area contributed by atoms with Gasteiger partial charge in [-0.1, -0.05) is 13.8 Å². The normalized spacial score (nSPS) is 12.7. The number of aryl methyl sites for hydroxylation is 2. The van der Waals surface area contributed by atoms with Crippen molar-refractivity contribution >= 4 is 11.6 Å².